The van der Waals surface area contributed by atoms with E-state index in [-0.39, 0.29) is 6.71 Å². The van der Waals surface area contributed by atoms with E-state index in [4.69, 9.17) is 4.42 Å². The van der Waals surface area contributed by atoms with Gasteiger partial charge in [0.05, 0.1) is 0 Å². The molecule has 9 aromatic rings. The molecule has 4 heterocycles. The third kappa shape index (κ3) is 4.46. The molecule has 3 aliphatic rings. The van der Waals surface area contributed by atoms with E-state index in [0.29, 0.717) is 0 Å². The lowest BCUT2D eigenvalue weighted by molar-refractivity contribution is 0.631. The second-order valence-electron chi connectivity index (χ2n) is 15.4. The minimum absolute atomic E-state index is 0.101. The van der Waals surface area contributed by atoms with Crippen molar-refractivity contribution >= 4 is 79.0 Å². The standard InChI is InChI=1S/C51H35BN2O/c1-31-23-43-45(24-32(31)2)53(41-22-21-34-25-38(20-19-35(34)27-41)49-30-37-14-7-9-18-48(37)55-49)46-28-40(33-11-4-3-5-12-33)29-47-50(46)52(43)42-16-10-15-39-26-36-13-6-8-17-44(36)54(47)51(39)42/h3-25,27-30H,26H2,1-2H3. The molecule has 0 saturated carbocycles. The number of hydrogen-bond acceptors (Lipinski definition) is 3. The summed E-state index contributed by atoms with van der Waals surface area (Å²) in [5.41, 5.74) is 21.4. The highest BCUT2D eigenvalue weighted by atomic mass is 16.3. The second kappa shape index (κ2) is 11.4. The van der Waals surface area contributed by atoms with Crippen LogP contribution in [0.2, 0.25) is 0 Å². The van der Waals surface area contributed by atoms with Crippen LogP contribution < -0.4 is 26.2 Å². The average Bonchev–Trinajstić information content (AvgIpc) is 3.67. The first kappa shape index (κ1) is 30.7. The van der Waals surface area contributed by atoms with Crippen molar-refractivity contribution in [2.75, 3.05) is 9.80 Å². The van der Waals surface area contributed by atoms with E-state index in [0.717, 1.165) is 34.4 Å². The normalized spacial score (nSPS) is 13.5. The van der Waals surface area contributed by atoms with Crippen molar-refractivity contribution in [3.63, 3.8) is 0 Å². The molecule has 0 amide bonds. The summed E-state index contributed by atoms with van der Waals surface area (Å²) in [7, 11) is 0. The monoisotopic (exact) mass is 702 g/mol. The van der Waals surface area contributed by atoms with Crippen LogP contribution in [-0.4, -0.2) is 6.71 Å². The van der Waals surface area contributed by atoms with E-state index in [9.17, 15) is 0 Å². The molecule has 3 nitrogen and oxygen atoms in total. The van der Waals surface area contributed by atoms with E-state index < -0.39 is 0 Å². The average molecular weight is 703 g/mol. The van der Waals surface area contributed by atoms with Crippen LogP contribution in [0.1, 0.15) is 22.3 Å². The number of aryl methyl sites for hydroxylation is 2. The largest absolute Gasteiger partial charge is 0.456 e. The van der Waals surface area contributed by atoms with Gasteiger partial charge in [-0.1, -0.05) is 109 Å². The van der Waals surface area contributed by atoms with E-state index in [1.54, 1.807) is 0 Å². The molecule has 8 aromatic carbocycles. The Kier molecular flexibility index (Phi) is 6.34. The molecule has 0 atom stereocenters. The minimum atomic E-state index is 0.101. The fourth-order valence-corrected chi connectivity index (χ4v) is 9.58. The molecule has 0 aliphatic carbocycles. The number of nitrogens with zero attached hydrogens (tertiary/aromatic N) is 2. The van der Waals surface area contributed by atoms with Gasteiger partial charge in [-0.3, -0.25) is 0 Å². The first-order valence-corrected chi connectivity index (χ1v) is 19.2. The molecule has 12 rings (SSSR count). The molecule has 0 bridgehead atoms. The molecule has 55 heavy (non-hydrogen) atoms. The summed E-state index contributed by atoms with van der Waals surface area (Å²) in [6.07, 6.45) is 0.935. The van der Waals surface area contributed by atoms with Crippen molar-refractivity contribution in [3.05, 3.63) is 186 Å². The summed E-state index contributed by atoms with van der Waals surface area (Å²) in [5.74, 6) is 0.890. The van der Waals surface area contributed by atoms with Gasteiger partial charge in [0, 0.05) is 51.5 Å². The van der Waals surface area contributed by atoms with Crippen LogP contribution >= 0.6 is 0 Å². The van der Waals surface area contributed by atoms with Gasteiger partial charge >= 0.3 is 0 Å². The van der Waals surface area contributed by atoms with E-state index in [1.807, 2.05) is 12.1 Å². The zero-order chi connectivity index (χ0) is 36.4. The van der Waals surface area contributed by atoms with Crippen LogP contribution in [0.25, 0.3) is 44.2 Å². The maximum Gasteiger partial charge on any atom is 0.252 e. The Morgan fingerprint density at radius 2 is 1.22 bits per heavy atom. The fourth-order valence-electron chi connectivity index (χ4n) is 9.58. The summed E-state index contributed by atoms with van der Waals surface area (Å²) in [6.45, 7) is 4.61. The lowest BCUT2D eigenvalue weighted by atomic mass is 9.33. The topological polar surface area (TPSA) is 19.6 Å². The van der Waals surface area contributed by atoms with Crippen LogP contribution in [0.3, 0.4) is 0 Å². The first-order chi connectivity index (χ1) is 27.1. The third-order valence-electron chi connectivity index (χ3n) is 12.3. The molecule has 0 unspecified atom stereocenters. The lowest BCUT2D eigenvalue weighted by Crippen LogP contribution is -2.62. The summed E-state index contributed by atoms with van der Waals surface area (Å²) in [4.78, 5) is 5.12. The number of benzene rings is 8. The van der Waals surface area contributed by atoms with Crippen molar-refractivity contribution in [1.82, 2.24) is 0 Å². The van der Waals surface area contributed by atoms with Gasteiger partial charge in [0.2, 0.25) is 0 Å². The quantitative estimate of drug-likeness (QED) is 0.171. The van der Waals surface area contributed by atoms with E-state index in [1.165, 1.54) is 89.0 Å². The summed E-state index contributed by atoms with van der Waals surface area (Å²) in [5, 5.41) is 3.50. The van der Waals surface area contributed by atoms with Gasteiger partial charge in [0.25, 0.3) is 6.71 Å². The SMILES string of the molecule is Cc1cc2c(cc1C)N(c1ccc3cc(-c4cc5ccccc5o4)ccc3c1)c1cc(-c3ccccc3)cc3c1B2c1cccc2c1N3c1ccccc1C2. The van der Waals surface area contributed by atoms with Crippen molar-refractivity contribution in [2.45, 2.75) is 20.3 Å². The molecular weight excluding hydrogens is 667 g/mol. The van der Waals surface area contributed by atoms with Crippen LogP contribution in [0.5, 0.6) is 0 Å². The molecule has 0 radical (unpaired) electrons. The molecule has 0 fully saturated rings. The summed E-state index contributed by atoms with van der Waals surface area (Å²) < 4.78 is 6.27. The van der Waals surface area contributed by atoms with Crippen molar-refractivity contribution in [3.8, 4) is 22.5 Å². The Morgan fingerprint density at radius 3 is 2.11 bits per heavy atom. The Morgan fingerprint density at radius 1 is 0.473 bits per heavy atom. The van der Waals surface area contributed by atoms with Crippen LogP contribution in [0.15, 0.2) is 168 Å². The number of anilines is 6. The zero-order valence-corrected chi connectivity index (χ0v) is 30.7. The maximum atomic E-state index is 6.27. The van der Waals surface area contributed by atoms with Gasteiger partial charge in [0.1, 0.15) is 11.3 Å². The molecule has 0 saturated heterocycles. The Labute approximate surface area is 320 Å². The smallest absolute Gasteiger partial charge is 0.252 e. The van der Waals surface area contributed by atoms with Gasteiger partial charge in [-0.2, -0.15) is 0 Å². The van der Waals surface area contributed by atoms with Crippen LogP contribution in [-0.2, 0) is 6.42 Å². The number of para-hydroxylation sites is 3. The van der Waals surface area contributed by atoms with Gasteiger partial charge in [-0.05, 0) is 129 Å². The van der Waals surface area contributed by atoms with Crippen molar-refractivity contribution in [1.29, 1.82) is 0 Å². The van der Waals surface area contributed by atoms with Crippen LogP contribution in [0, 0.1) is 13.8 Å². The first-order valence-electron chi connectivity index (χ1n) is 19.2. The Balaban J connectivity index is 1.12. The molecule has 0 spiro atoms. The lowest BCUT2D eigenvalue weighted by Gasteiger charge is -2.47. The summed E-state index contributed by atoms with van der Waals surface area (Å²) in [6, 6.07) is 60.6. The molecule has 0 N–H and O–H groups in total. The number of hydrogen-bond donors (Lipinski definition) is 0. The maximum absolute atomic E-state index is 6.27. The van der Waals surface area contributed by atoms with Gasteiger partial charge < -0.3 is 14.2 Å². The number of furan rings is 1. The number of fused-ring (bicyclic) bond motifs is 8. The molecule has 1 aromatic heterocycles. The minimum Gasteiger partial charge on any atom is -0.456 e. The molecule has 3 aliphatic heterocycles. The highest BCUT2D eigenvalue weighted by Crippen LogP contribution is 2.50. The predicted molar refractivity (Wildman–Crippen MR) is 231 cm³/mol. The predicted octanol–water partition coefficient (Wildman–Crippen LogP) is 11.5. The third-order valence-corrected chi connectivity index (χ3v) is 12.3. The molecular formula is C51H35BN2O. The Hall–Kier alpha value is -6.78. The van der Waals surface area contributed by atoms with E-state index in [2.05, 4.69) is 175 Å². The van der Waals surface area contributed by atoms with Crippen LogP contribution in [0.4, 0.5) is 34.1 Å². The molecule has 4 heteroatoms. The van der Waals surface area contributed by atoms with Gasteiger partial charge in [-0.15, -0.1) is 0 Å². The van der Waals surface area contributed by atoms with Gasteiger partial charge in [0.15, 0.2) is 0 Å². The van der Waals surface area contributed by atoms with Crippen molar-refractivity contribution in [2.24, 2.45) is 0 Å². The highest BCUT2D eigenvalue weighted by molar-refractivity contribution is 7.00. The Bertz CT molecular complexity index is 3040. The van der Waals surface area contributed by atoms with E-state index >= 15 is 0 Å². The zero-order valence-electron chi connectivity index (χ0n) is 30.7. The highest BCUT2D eigenvalue weighted by Gasteiger charge is 2.45. The van der Waals surface area contributed by atoms with Crippen molar-refractivity contribution < 1.29 is 4.42 Å². The van der Waals surface area contributed by atoms with Gasteiger partial charge in [-0.25, -0.2) is 0 Å². The molecule has 258 valence electrons. The fraction of sp³-hybridized carbons (Fsp3) is 0.0588. The second-order valence-corrected chi connectivity index (χ2v) is 15.4. The summed E-state index contributed by atoms with van der Waals surface area (Å²) >= 11 is 0. The number of rotatable bonds is 3.